The van der Waals surface area contributed by atoms with Crippen LogP contribution in [0.15, 0.2) is 24.3 Å². The number of nitrogens with one attached hydrogen (secondary N) is 2. The van der Waals surface area contributed by atoms with Crippen LogP contribution < -0.4 is 10.6 Å². The average molecular weight is 266 g/mol. The number of carbonyl (C=O) groups excluding carboxylic acids is 1. The fourth-order valence-electron chi connectivity index (χ4n) is 1.70. The van der Waals surface area contributed by atoms with Crippen molar-refractivity contribution in [3.8, 4) is 0 Å². The van der Waals surface area contributed by atoms with Gasteiger partial charge in [0.2, 0.25) is 5.91 Å². The number of hydrogen-bond acceptors (Lipinski definition) is 2. The first-order chi connectivity index (χ1) is 8.99. The molecule has 0 aliphatic carbocycles. The van der Waals surface area contributed by atoms with E-state index in [1.54, 1.807) is 6.07 Å². The predicted octanol–water partition coefficient (Wildman–Crippen LogP) is 2.64. The Hall–Kier alpha value is -1.42. The molecule has 0 saturated heterocycles. The summed E-state index contributed by atoms with van der Waals surface area (Å²) in [4.78, 5) is 11.6. The van der Waals surface area contributed by atoms with Crippen molar-refractivity contribution >= 4 is 5.91 Å². The van der Waals surface area contributed by atoms with Crippen LogP contribution in [0.2, 0.25) is 0 Å². The van der Waals surface area contributed by atoms with E-state index in [1.807, 2.05) is 13.0 Å². The highest BCUT2D eigenvalue weighted by atomic mass is 19.1. The van der Waals surface area contributed by atoms with E-state index in [2.05, 4.69) is 24.5 Å². The number of rotatable bonds is 7. The molecule has 0 aromatic heterocycles. The second-order valence-corrected chi connectivity index (χ2v) is 5.19. The summed E-state index contributed by atoms with van der Waals surface area (Å²) >= 11 is 0. The third kappa shape index (κ3) is 6.34. The van der Waals surface area contributed by atoms with E-state index >= 15 is 0 Å². The molecule has 0 heterocycles. The molecule has 0 spiro atoms. The van der Waals surface area contributed by atoms with Crippen LogP contribution in [0.1, 0.15) is 38.8 Å². The fourth-order valence-corrected chi connectivity index (χ4v) is 1.70. The summed E-state index contributed by atoms with van der Waals surface area (Å²) in [5, 5.41) is 5.94. The molecule has 0 unspecified atom stereocenters. The normalized spacial score (nSPS) is 12.5. The molecule has 1 rings (SSSR count). The van der Waals surface area contributed by atoms with Gasteiger partial charge in [-0.3, -0.25) is 4.79 Å². The molecule has 0 radical (unpaired) electrons. The van der Waals surface area contributed by atoms with E-state index < -0.39 is 0 Å². The van der Waals surface area contributed by atoms with Crippen LogP contribution in [0, 0.1) is 11.7 Å². The molecule has 2 N–H and O–H groups in total. The van der Waals surface area contributed by atoms with E-state index in [9.17, 15) is 9.18 Å². The van der Waals surface area contributed by atoms with Crippen molar-refractivity contribution < 1.29 is 9.18 Å². The van der Waals surface area contributed by atoms with Crippen LogP contribution in [0.5, 0.6) is 0 Å². The Bertz CT molecular complexity index is 407. The molecule has 1 atom stereocenters. The third-order valence-electron chi connectivity index (χ3n) is 2.96. The molecule has 0 bridgehead atoms. The van der Waals surface area contributed by atoms with Gasteiger partial charge in [-0.05, 0) is 37.0 Å². The number of halogens is 1. The molecule has 4 heteroatoms. The molecule has 1 aromatic rings. The molecular formula is C15H23FN2O. The minimum absolute atomic E-state index is 0.0242. The Labute approximate surface area is 114 Å². The zero-order valence-electron chi connectivity index (χ0n) is 11.9. The molecule has 1 aromatic carbocycles. The quantitative estimate of drug-likeness (QED) is 0.796. The van der Waals surface area contributed by atoms with E-state index in [0.717, 1.165) is 12.0 Å². The number of amides is 1. The van der Waals surface area contributed by atoms with Gasteiger partial charge in [0.05, 0.1) is 6.54 Å². The molecule has 106 valence electrons. The van der Waals surface area contributed by atoms with Gasteiger partial charge >= 0.3 is 0 Å². The molecule has 3 nitrogen and oxygen atoms in total. The van der Waals surface area contributed by atoms with Crippen molar-refractivity contribution in [2.45, 2.75) is 33.2 Å². The number of benzene rings is 1. The first-order valence-electron chi connectivity index (χ1n) is 6.74. The van der Waals surface area contributed by atoms with E-state index in [-0.39, 0.29) is 24.3 Å². The first-order valence-corrected chi connectivity index (χ1v) is 6.74. The maximum atomic E-state index is 13.1. The van der Waals surface area contributed by atoms with Crippen LogP contribution in [-0.2, 0) is 4.79 Å². The van der Waals surface area contributed by atoms with Gasteiger partial charge in [0, 0.05) is 12.6 Å². The Balaban J connectivity index is 2.30. The zero-order valence-corrected chi connectivity index (χ0v) is 11.9. The van der Waals surface area contributed by atoms with Gasteiger partial charge in [0.15, 0.2) is 0 Å². The fraction of sp³-hybridized carbons (Fsp3) is 0.533. The van der Waals surface area contributed by atoms with E-state index in [4.69, 9.17) is 0 Å². The van der Waals surface area contributed by atoms with Crippen molar-refractivity contribution in [3.05, 3.63) is 35.6 Å². The van der Waals surface area contributed by atoms with Gasteiger partial charge in [0.25, 0.3) is 0 Å². The SMILES string of the molecule is CC(C)CCNC(=O)CN[C@H](C)c1cccc(F)c1. The minimum Gasteiger partial charge on any atom is -0.355 e. The summed E-state index contributed by atoms with van der Waals surface area (Å²) in [5.74, 6) is 0.302. The van der Waals surface area contributed by atoms with Crippen molar-refractivity contribution in [2.24, 2.45) is 5.92 Å². The van der Waals surface area contributed by atoms with Crippen LogP contribution >= 0.6 is 0 Å². The molecule has 0 aliphatic rings. The maximum Gasteiger partial charge on any atom is 0.233 e. The van der Waals surface area contributed by atoms with E-state index in [1.165, 1.54) is 12.1 Å². The number of hydrogen-bond donors (Lipinski definition) is 2. The molecule has 0 aliphatic heterocycles. The van der Waals surface area contributed by atoms with Gasteiger partial charge in [-0.15, -0.1) is 0 Å². The second-order valence-electron chi connectivity index (χ2n) is 5.19. The Kier molecular flexibility index (Phi) is 6.50. The molecule has 0 saturated carbocycles. The van der Waals surface area contributed by atoms with Crippen molar-refractivity contribution in [1.82, 2.24) is 10.6 Å². The molecule has 19 heavy (non-hydrogen) atoms. The smallest absolute Gasteiger partial charge is 0.233 e. The first kappa shape index (κ1) is 15.6. The van der Waals surface area contributed by atoms with Gasteiger partial charge in [-0.25, -0.2) is 4.39 Å². The van der Waals surface area contributed by atoms with Crippen LogP contribution in [0.4, 0.5) is 4.39 Å². The van der Waals surface area contributed by atoms with E-state index in [0.29, 0.717) is 12.5 Å². The standard InChI is InChI=1S/C15H23FN2O/c1-11(2)7-8-17-15(19)10-18-12(3)13-5-4-6-14(16)9-13/h4-6,9,11-12,18H,7-8,10H2,1-3H3,(H,17,19)/t12-/m1/s1. The lowest BCUT2D eigenvalue weighted by molar-refractivity contribution is -0.120. The van der Waals surface area contributed by atoms with Gasteiger partial charge < -0.3 is 10.6 Å². The van der Waals surface area contributed by atoms with Gasteiger partial charge in [0.1, 0.15) is 5.82 Å². The lowest BCUT2D eigenvalue weighted by atomic mass is 10.1. The topological polar surface area (TPSA) is 41.1 Å². The monoisotopic (exact) mass is 266 g/mol. The highest BCUT2D eigenvalue weighted by Crippen LogP contribution is 2.12. The molecular weight excluding hydrogens is 243 g/mol. The second kappa shape index (κ2) is 7.89. The summed E-state index contributed by atoms with van der Waals surface area (Å²) in [5.41, 5.74) is 0.843. The summed E-state index contributed by atoms with van der Waals surface area (Å²) in [7, 11) is 0. The lowest BCUT2D eigenvalue weighted by Crippen LogP contribution is -2.35. The third-order valence-corrected chi connectivity index (χ3v) is 2.96. The summed E-state index contributed by atoms with van der Waals surface area (Å²) in [6.45, 7) is 7.10. The zero-order chi connectivity index (χ0) is 14.3. The predicted molar refractivity (Wildman–Crippen MR) is 75.3 cm³/mol. The molecule has 0 fully saturated rings. The summed E-state index contributed by atoms with van der Waals surface area (Å²) in [6, 6.07) is 6.36. The summed E-state index contributed by atoms with van der Waals surface area (Å²) in [6.07, 6.45) is 0.977. The lowest BCUT2D eigenvalue weighted by Gasteiger charge is -2.14. The van der Waals surface area contributed by atoms with Crippen molar-refractivity contribution in [1.29, 1.82) is 0 Å². The Morgan fingerprint density at radius 3 is 2.68 bits per heavy atom. The van der Waals surface area contributed by atoms with Crippen LogP contribution in [-0.4, -0.2) is 19.0 Å². The Morgan fingerprint density at radius 2 is 2.05 bits per heavy atom. The molecule has 1 amide bonds. The average Bonchev–Trinajstić information content (AvgIpc) is 2.35. The van der Waals surface area contributed by atoms with Gasteiger partial charge in [-0.2, -0.15) is 0 Å². The van der Waals surface area contributed by atoms with Crippen molar-refractivity contribution in [2.75, 3.05) is 13.1 Å². The largest absolute Gasteiger partial charge is 0.355 e. The van der Waals surface area contributed by atoms with Crippen LogP contribution in [0.3, 0.4) is 0 Å². The highest BCUT2D eigenvalue weighted by Gasteiger charge is 2.08. The van der Waals surface area contributed by atoms with Crippen molar-refractivity contribution in [3.63, 3.8) is 0 Å². The highest BCUT2D eigenvalue weighted by molar-refractivity contribution is 5.77. The minimum atomic E-state index is -0.257. The Morgan fingerprint density at radius 1 is 1.32 bits per heavy atom. The maximum absolute atomic E-state index is 13.1. The van der Waals surface area contributed by atoms with Crippen LogP contribution in [0.25, 0.3) is 0 Å². The number of carbonyl (C=O) groups is 1. The summed E-state index contributed by atoms with van der Waals surface area (Å²) < 4.78 is 13.1. The van der Waals surface area contributed by atoms with Gasteiger partial charge in [-0.1, -0.05) is 26.0 Å².